The third kappa shape index (κ3) is 5.40. The smallest absolute Gasteiger partial charge is 0.297 e. The second-order valence-electron chi connectivity index (χ2n) is 4.86. The molecule has 0 aliphatic carbocycles. The molecule has 0 unspecified atom stereocenters. The van der Waals surface area contributed by atoms with Gasteiger partial charge in [-0.05, 0) is 25.7 Å². The van der Waals surface area contributed by atoms with Crippen LogP contribution in [0, 0.1) is 0 Å². The predicted molar refractivity (Wildman–Crippen MR) is 74.8 cm³/mol. The van der Waals surface area contributed by atoms with Gasteiger partial charge in [-0.2, -0.15) is 0 Å². The van der Waals surface area contributed by atoms with Gasteiger partial charge < -0.3 is 0 Å². The lowest BCUT2D eigenvalue weighted by Gasteiger charge is -2.32. The molecule has 0 aromatic heterocycles. The maximum Gasteiger partial charge on any atom is 0.408 e. The summed E-state index contributed by atoms with van der Waals surface area (Å²) in [5.74, 6) is 0. The van der Waals surface area contributed by atoms with Crippen molar-refractivity contribution in [2.75, 3.05) is 26.3 Å². The highest BCUT2D eigenvalue weighted by Gasteiger charge is 2.34. The largest absolute Gasteiger partial charge is 0.408 e. The monoisotopic (exact) mass is 277 g/mol. The van der Waals surface area contributed by atoms with Crippen molar-refractivity contribution in [2.24, 2.45) is 0 Å². The average Bonchev–Trinajstić information content (AvgIpc) is 2.40. The van der Waals surface area contributed by atoms with Crippen LogP contribution in [0.25, 0.3) is 0 Å². The van der Waals surface area contributed by atoms with E-state index in [4.69, 9.17) is 9.05 Å². The summed E-state index contributed by atoms with van der Waals surface area (Å²) in [4.78, 5) is 0. The zero-order valence-corrected chi connectivity index (χ0v) is 12.8. The first kappa shape index (κ1) is 16.2. The first-order chi connectivity index (χ1) is 8.73. The molecule has 0 aromatic carbocycles. The van der Waals surface area contributed by atoms with Crippen LogP contribution in [0.1, 0.15) is 58.8 Å². The molecular weight excluding hydrogens is 249 g/mol. The van der Waals surface area contributed by atoms with Crippen molar-refractivity contribution >= 4 is 7.75 Å². The van der Waals surface area contributed by atoms with E-state index in [0.717, 1.165) is 51.6 Å². The normalized spacial score (nSPS) is 18.1. The van der Waals surface area contributed by atoms with E-state index in [1.54, 1.807) is 0 Å². The van der Waals surface area contributed by atoms with Crippen molar-refractivity contribution in [3.8, 4) is 0 Å². The van der Waals surface area contributed by atoms with Gasteiger partial charge in [0.1, 0.15) is 0 Å². The van der Waals surface area contributed by atoms with E-state index < -0.39 is 7.75 Å². The van der Waals surface area contributed by atoms with E-state index in [0.29, 0.717) is 13.2 Å². The highest BCUT2D eigenvalue weighted by Crippen LogP contribution is 2.53. The molecule has 0 saturated carbocycles. The predicted octanol–water partition coefficient (Wildman–Crippen LogP) is 4.21. The molecule has 0 spiro atoms. The fraction of sp³-hybridized carbons (Fsp3) is 1.00. The van der Waals surface area contributed by atoms with Crippen molar-refractivity contribution in [1.29, 1.82) is 0 Å². The van der Waals surface area contributed by atoms with Crippen LogP contribution in [0.3, 0.4) is 0 Å². The van der Waals surface area contributed by atoms with Crippen molar-refractivity contribution in [3.05, 3.63) is 0 Å². The van der Waals surface area contributed by atoms with Gasteiger partial charge in [0.05, 0.1) is 13.2 Å². The van der Waals surface area contributed by atoms with Gasteiger partial charge in [-0.3, -0.25) is 9.05 Å². The molecule has 1 fully saturated rings. The van der Waals surface area contributed by atoms with Gasteiger partial charge in [-0.1, -0.05) is 33.1 Å². The lowest BCUT2D eigenvalue weighted by Crippen LogP contribution is -2.29. The molecule has 108 valence electrons. The summed E-state index contributed by atoms with van der Waals surface area (Å²) >= 11 is 0. The number of nitrogens with zero attached hydrogens (tertiary/aromatic N) is 1. The van der Waals surface area contributed by atoms with Crippen LogP contribution in [0.4, 0.5) is 0 Å². The standard InChI is InChI=1S/C13H28NO3P/c1-3-5-12-16-18(15,17-13-6-4-2)14-10-8-7-9-11-14/h3-13H2,1-2H3. The van der Waals surface area contributed by atoms with Crippen LogP contribution >= 0.6 is 7.75 Å². The molecule has 0 N–H and O–H groups in total. The Morgan fingerprint density at radius 2 is 1.44 bits per heavy atom. The SMILES string of the molecule is CCCCOP(=O)(OCCCC)N1CCCCC1. The van der Waals surface area contributed by atoms with E-state index in [1.807, 2.05) is 4.67 Å². The zero-order valence-electron chi connectivity index (χ0n) is 11.9. The molecule has 0 bridgehead atoms. The lowest BCUT2D eigenvalue weighted by atomic mass is 10.2. The minimum Gasteiger partial charge on any atom is -0.297 e. The Morgan fingerprint density at radius 1 is 0.944 bits per heavy atom. The fourth-order valence-corrected chi connectivity index (χ4v) is 3.86. The Morgan fingerprint density at radius 3 is 1.89 bits per heavy atom. The Hall–Kier alpha value is 0.110. The highest BCUT2D eigenvalue weighted by atomic mass is 31.2. The summed E-state index contributed by atoms with van der Waals surface area (Å²) in [6.07, 6.45) is 7.39. The van der Waals surface area contributed by atoms with Gasteiger partial charge in [-0.25, -0.2) is 9.24 Å². The molecule has 1 saturated heterocycles. The van der Waals surface area contributed by atoms with Gasteiger partial charge in [0.25, 0.3) is 0 Å². The summed E-state index contributed by atoms with van der Waals surface area (Å²) in [6, 6.07) is 0. The van der Waals surface area contributed by atoms with Crippen molar-refractivity contribution in [1.82, 2.24) is 4.67 Å². The topological polar surface area (TPSA) is 38.8 Å². The molecule has 1 aliphatic heterocycles. The molecule has 0 radical (unpaired) electrons. The molecule has 4 nitrogen and oxygen atoms in total. The summed E-state index contributed by atoms with van der Waals surface area (Å²) in [5.41, 5.74) is 0. The molecule has 1 aliphatic rings. The van der Waals surface area contributed by atoms with Crippen LogP contribution in [0.2, 0.25) is 0 Å². The molecule has 1 heterocycles. The third-order valence-corrected chi connectivity index (χ3v) is 5.29. The minimum atomic E-state index is -3.02. The van der Waals surface area contributed by atoms with Crippen molar-refractivity contribution in [2.45, 2.75) is 58.8 Å². The lowest BCUT2D eigenvalue weighted by molar-refractivity contribution is 0.145. The number of rotatable bonds is 9. The van der Waals surface area contributed by atoms with Crippen LogP contribution in [-0.4, -0.2) is 31.0 Å². The second-order valence-corrected chi connectivity index (χ2v) is 6.88. The number of unbranched alkanes of at least 4 members (excludes halogenated alkanes) is 2. The van der Waals surface area contributed by atoms with Crippen LogP contribution < -0.4 is 0 Å². The first-order valence-electron chi connectivity index (χ1n) is 7.37. The van der Waals surface area contributed by atoms with E-state index >= 15 is 0 Å². The molecule has 1 rings (SSSR count). The quantitative estimate of drug-likeness (QED) is 0.467. The maximum absolute atomic E-state index is 12.8. The van der Waals surface area contributed by atoms with E-state index in [2.05, 4.69) is 13.8 Å². The fourth-order valence-electron chi connectivity index (χ4n) is 1.97. The Balaban J connectivity index is 2.50. The van der Waals surface area contributed by atoms with Crippen LogP contribution in [0.5, 0.6) is 0 Å². The Labute approximate surface area is 112 Å². The van der Waals surface area contributed by atoms with Gasteiger partial charge >= 0.3 is 7.75 Å². The van der Waals surface area contributed by atoms with Gasteiger partial charge in [0.2, 0.25) is 0 Å². The molecule has 18 heavy (non-hydrogen) atoms. The Bertz CT molecular complexity index is 241. The average molecular weight is 277 g/mol. The second kappa shape index (κ2) is 9.08. The van der Waals surface area contributed by atoms with Crippen molar-refractivity contribution < 1.29 is 13.6 Å². The van der Waals surface area contributed by atoms with E-state index in [-0.39, 0.29) is 0 Å². The first-order valence-corrected chi connectivity index (χ1v) is 8.87. The van der Waals surface area contributed by atoms with Crippen LogP contribution in [0.15, 0.2) is 0 Å². The molecule has 0 aromatic rings. The molecule has 0 amide bonds. The van der Waals surface area contributed by atoms with Crippen LogP contribution in [-0.2, 0) is 13.6 Å². The van der Waals surface area contributed by atoms with Crippen molar-refractivity contribution in [3.63, 3.8) is 0 Å². The van der Waals surface area contributed by atoms with Gasteiger partial charge in [0, 0.05) is 13.1 Å². The van der Waals surface area contributed by atoms with E-state index in [1.165, 1.54) is 6.42 Å². The molecular formula is C13H28NO3P. The number of hydrogen-bond acceptors (Lipinski definition) is 3. The molecule has 5 heteroatoms. The third-order valence-electron chi connectivity index (χ3n) is 3.18. The summed E-state index contributed by atoms with van der Waals surface area (Å²) in [5, 5.41) is 0. The summed E-state index contributed by atoms with van der Waals surface area (Å²) in [7, 11) is -3.02. The number of piperidine rings is 1. The highest BCUT2D eigenvalue weighted by molar-refractivity contribution is 7.51. The Kier molecular flexibility index (Phi) is 8.16. The zero-order chi connectivity index (χ0) is 13.3. The van der Waals surface area contributed by atoms with Gasteiger partial charge in [0.15, 0.2) is 0 Å². The van der Waals surface area contributed by atoms with Gasteiger partial charge in [-0.15, -0.1) is 0 Å². The summed E-state index contributed by atoms with van der Waals surface area (Å²) in [6.45, 7) is 6.97. The molecule has 0 atom stereocenters. The summed E-state index contributed by atoms with van der Waals surface area (Å²) < 4.78 is 26.0. The minimum absolute atomic E-state index is 0.538. The maximum atomic E-state index is 12.8. The van der Waals surface area contributed by atoms with E-state index in [9.17, 15) is 4.57 Å². The number of hydrogen-bond donors (Lipinski definition) is 0.